The molecule has 1 aliphatic rings. The van der Waals surface area contributed by atoms with Crippen LogP contribution < -0.4 is 10.0 Å². The Bertz CT molecular complexity index is 626. The van der Waals surface area contributed by atoms with Gasteiger partial charge in [0.05, 0.1) is 4.92 Å². The number of hydrogen-bond acceptors (Lipinski definition) is 6. The Hall–Kier alpha value is -1.19. The molecule has 7 nitrogen and oxygen atoms in total. The lowest BCUT2D eigenvalue weighted by molar-refractivity contribution is -0.383. The second kappa shape index (κ2) is 6.29. The smallest absolute Gasteiger partial charge is 0.304 e. The third-order valence-corrected chi connectivity index (χ3v) is 6.90. The van der Waals surface area contributed by atoms with Crippen LogP contribution in [0.25, 0.3) is 0 Å². The fourth-order valence-corrected chi connectivity index (χ4v) is 5.23. The fourth-order valence-electron chi connectivity index (χ4n) is 2.56. The molecule has 0 amide bonds. The molecule has 2 atom stereocenters. The third kappa shape index (κ3) is 3.53. The zero-order valence-electron chi connectivity index (χ0n) is 12.0. The van der Waals surface area contributed by atoms with E-state index in [9.17, 15) is 18.5 Å². The molecule has 0 aliphatic heterocycles. The van der Waals surface area contributed by atoms with Gasteiger partial charge in [-0.1, -0.05) is 31.1 Å². The van der Waals surface area contributed by atoms with Crippen molar-refractivity contribution < 1.29 is 13.3 Å². The van der Waals surface area contributed by atoms with E-state index < -0.39 is 14.9 Å². The predicted octanol–water partition coefficient (Wildman–Crippen LogP) is 2.56. The molecule has 0 saturated heterocycles. The van der Waals surface area contributed by atoms with Crippen LogP contribution in [0.2, 0.25) is 0 Å². The Morgan fingerprint density at radius 1 is 1.38 bits per heavy atom. The quantitative estimate of drug-likeness (QED) is 0.637. The van der Waals surface area contributed by atoms with Crippen LogP contribution in [0.1, 0.15) is 32.6 Å². The highest BCUT2D eigenvalue weighted by Gasteiger charge is 2.30. The van der Waals surface area contributed by atoms with Crippen molar-refractivity contribution in [1.82, 2.24) is 4.72 Å². The Morgan fingerprint density at radius 2 is 2.05 bits per heavy atom. The monoisotopic (exact) mass is 333 g/mol. The molecule has 118 valence electrons. The second-order valence-corrected chi connectivity index (χ2v) is 8.27. The van der Waals surface area contributed by atoms with Crippen LogP contribution in [0.4, 0.5) is 10.7 Å². The summed E-state index contributed by atoms with van der Waals surface area (Å²) in [6.45, 7) is 2.03. The van der Waals surface area contributed by atoms with E-state index in [4.69, 9.17) is 0 Å². The Balaban J connectivity index is 2.25. The Labute approximate surface area is 127 Å². The molecule has 9 heteroatoms. The second-order valence-electron chi connectivity index (χ2n) is 5.28. The summed E-state index contributed by atoms with van der Waals surface area (Å²) in [5.74, 6) is 0.284. The van der Waals surface area contributed by atoms with Gasteiger partial charge in [-0.05, 0) is 18.8 Å². The topological polar surface area (TPSA) is 101 Å². The van der Waals surface area contributed by atoms with Crippen molar-refractivity contribution in [2.24, 2.45) is 5.92 Å². The summed E-state index contributed by atoms with van der Waals surface area (Å²) in [4.78, 5) is 10.3. The molecule has 2 N–H and O–H groups in total. The molecule has 0 aromatic carbocycles. The predicted molar refractivity (Wildman–Crippen MR) is 82.3 cm³/mol. The highest BCUT2D eigenvalue weighted by Crippen LogP contribution is 2.37. The average Bonchev–Trinajstić information content (AvgIpc) is 2.86. The van der Waals surface area contributed by atoms with Crippen molar-refractivity contribution in [2.75, 3.05) is 12.4 Å². The van der Waals surface area contributed by atoms with Gasteiger partial charge in [0, 0.05) is 19.2 Å². The zero-order chi connectivity index (χ0) is 15.6. The zero-order valence-corrected chi connectivity index (χ0v) is 13.6. The van der Waals surface area contributed by atoms with Gasteiger partial charge in [-0.25, -0.2) is 13.1 Å². The summed E-state index contributed by atoms with van der Waals surface area (Å²) in [5.41, 5.74) is -0.209. The van der Waals surface area contributed by atoms with Gasteiger partial charge in [0.25, 0.3) is 10.0 Å². The molecular weight excluding hydrogens is 314 g/mol. The summed E-state index contributed by atoms with van der Waals surface area (Å²) in [5, 5.41) is 13.8. The maximum absolute atomic E-state index is 12.4. The van der Waals surface area contributed by atoms with Gasteiger partial charge in [-0.2, -0.15) is 0 Å². The maximum atomic E-state index is 12.4. The van der Waals surface area contributed by atoms with Crippen molar-refractivity contribution in [1.29, 1.82) is 0 Å². The van der Waals surface area contributed by atoms with E-state index >= 15 is 0 Å². The molecule has 1 saturated carbocycles. The van der Waals surface area contributed by atoms with Gasteiger partial charge in [0.1, 0.15) is 4.21 Å². The van der Waals surface area contributed by atoms with E-state index in [2.05, 4.69) is 10.0 Å². The van der Waals surface area contributed by atoms with Crippen molar-refractivity contribution in [3.63, 3.8) is 0 Å². The summed E-state index contributed by atoms with van der Waals surface area (Å²) in [6, 6.07) is 1.02. The van der Waals surface area contributed by atoms with Gasteiger partial charge < -0.3 is 5.32 Å². The van der Waals surface area contributed by atoms with Crippen LogP contribution in [0, 0.1) is 16.0 Å². The van der Waals surface area contributed by atoms with Gasteiger partial charge in [-0.3, -0.25) is 10.1 Å². The summed E-state index contributed by atoms with van der Waals surface area (Å²) in [6.07, 6.45) is 3.93. The van der Waals surface area contributed by atoms with E-state index in [-0.39, 0.29) is 26.9 Å². The first-order valence-electron chi connectivity index (χ1n) is 6.83. The number of anilines is 1. The third-order valence-electron chi connectivity index (χ3n) is 3.80. The van der Waals surface area contributed by atoms with Crippen LogP contribution in [0.5, 0.6) is 0 Å². The van der Waals surface area contributed by atoms with Crippen LogP contribution in [-0.4, -0.2) is 26.4 Å². The lowest BCUT2D eigenvalue weighted by Gasteiger charge is -2.28. The molecule has 1 aromatic rings. The lowest BCUT2D eigenvalue weighted by Crippen LogP contribution is -2.40. The maximum Gasteiger partial charge on any atom is 0.304 e. The molecule has 2 unspecified atom stereocenters. The minimum Gasteiger partial charge on any atom is -0.374 e. The number of nitro groups is 1. The molecule has 0 spiro atoms. The lowest BCUT2D eigenvalue weighted by atomic mass is 9.87. The van der Waals surface area contributed by atoms with E-state index in [1.54, 1.807) is 0 Å². The number of thiophene rings is 1. The van der Waals surface area contributed by atoms with Crippen LogP contribution in [0.3, 0.4) is 0 Å². The number of nitrogens with zero attached hydrogens (tertiary/aromatic N) is 1. The summed E-state index contributed by atoms with van der Waals surface area (Å²) < 4.78 is 27.5. The number of nitrogens with one attached hydrogen (secondary N) is 2. The summed E-state index contributed by atoms with van der Waals surface area (Å²) >= 11 is 0.881. The molecule has 1 fully saturated rings. The molecule has 0 bridgehead atoms. The van der Waals surface area contributed by atoms with Crippen LogP contribution >= 0.6 is 11.3 Å². The van der Waals surface area contributed by atoms with E-state index in [1.165, 1.54) is 7.05 Å². The van der Waals surface area contributed by atoms with Crippen molar-refractivity contribution in [3.8, 4) is 0 Å². The first-order valence-corrected chi connectivity index (χ1v) is 9.13. The first-order chi connectivity index (χ1) is 9.85. The Morgan fingerprint density at radius 3 is 2.57 bits per heavy atom. The molecule has 0 radical (unpaired) electrons. The average molecular weight is 333 g/mol. The largest absolute Gasteiger partial charge is 0.374 e. The molecule has 1 aliphatic carbocycles. The Kier molecular flexibility index (Phi) is 4.84. The van der Waals surface area contributed by atoms with Gasteiger partial charge in [-0.15, -0.1) is 0 Å². The highest BCUT2D eigenvalue weighted by molar-refractivity contribution is 7.91. The van der Waals surface area contributed by atoms with Crippen molar-refractivity contribution in [3.05, 3.63) is 16.2 Å². The SMILES string of the molecule is CNc1sc(S(=O)(=O)NC2CCCCC2C)cc1[N+](=O)[O-]. The van der Waals surface area contributed by atoms with Crippen LogP contribution in [0.15, 0.2) is 10.3 Å². The van der Waals surface area contributed by atoms with Crippen molar-refractivity contribution >= 4 is 32.0 Å². The van der Waals surface area contributed by atoms with E-state index in [0.717, 1.165) is 43.1 Å². The molecule has 1 heterocycles. The number of sulfonamides is 1. The van der Waals surface area contributed by atoms with E-state index in [1.807, 2.05) is 6.92 Å². The molecule has 21 heavy (non-hydrogen) atoms. The van der Waals surface area contributed by atoms with Crippen molar-refractivity contribution in [2.45, 2.75) is 42.9 Å². The van der Waals surface area contributed by atoms with Gasteiger partial charge >= 0.3 is 5.69 Å². The first kappa shape index (κ1) is 16.2. The fraction of sp³-hybridized carbons (Fsp3) is 0.667. The summed E-state index contributed by atoms with van der Waals surface area (Å²) in [7, 11) is -2.18. The molecular formula is C12H19N3O4S2. The van der Waals surface area contributed by atoms with Gasteiger partial charge in [0.15, 0.2) is 5.00 Å². The standard InChI is InChI=1S/C12H19N3O4S2/c1-8-5-3-4-6-9(8)14-21(18,19)11-7-10(15(16)17)12(13-2)20-11/h7-9,13-14H,3-6H2,1-2H3. The minimum atomic E-state index is -3.71. The van der Waals surface area contributed by atoms with Crippen LogP contribution in [-0.2, 0) is 10.0 Å². The van der Waals surface area contributed by atoms with Gasteiger partial charge in [0.2, 0.25) is 0 Å². The molecule has 2 rings (SSSR count). The minimum absolute atomic E-state index is 0.0173. The number of rotatable bonds is 5. The van der Waals surface area contributed by atoms with E-state index in [0.29, 0.717) is 0 Å². The number of hydrogen-bond donors (Lipinski definition) is 2. The molecule has 1 aromatic heterocycles. The normalized spacial score (nSPS) is 23.0. The highest BCUT2D eigenvalue weighted by atomic mass is 32.2.